The van der Waals surface area contributed by atoms with Crippen LogP contribution in [0.4, 0.5) is 0 Å². The molecule has 0 aromatic heterocycles. The lowest BCUT2D eigenvalue weighted by Crippen LogP contribution is -2.44. The summed E-state index contributed by atoms with van der Waals surface area (Å²) in [6.07, 6.45) is 1.72. The second kappa shape index (κ2) is 3.22. The molecule has 64 valence electrons. The van der Waals surface area contributed by atoms with Gasteiger partial charge in [0.2, 0.25) is 0 Å². The Morgan fingerprint density at radius 1 is 1.25 bits per heavy atom. The fourth-order valence-electron chi connectivity index (χ4n) is 0.935. The molecule has 0 radical (unpaired) electrons. The normalized spacial score (nSPS) is 11.2. The van der Waals surface area contributed by atoms with Gasteiger partial charge in [-0.2, -0.15) is 0 Å². The van der Waals surface area contributed by atoms with E-state index in [0.717, 1.165) is 5.56 Å². The quantitative estimate of drug-likeness (QED) is 0.654. The Balaban J connectivity index is 3.00. The molecule has 2 N–H and O–H groups in total. The highest BCUT2D eigenvalue weighted by atomic mass is 28.4. The topological polar surface area (TPSA) is 40.5 Å². The van der Waals surface area contributed by atoms with Crippen LogP contribution in [0.25, 0.3) is 6.08 Å². The summed E-state index contributed by atoms with van der Waals surface area (Å²) in [6, 6.07) is 7.09. The van der Waals surface area contributed by atoms with Gasteiger partial charge in [0.15, 0.2) is 0 Å². The Labute approximate surface area is 73.1 Å². The molecule has 2 nitrogen and oxygen atoms in total. The van der Waals surface area contributed by atoms with E-state index < -0.39 is 8.56 Å². The third-order valence-electron chi connectivity index (χ3n) is 1.69. The third kappa shape index (κ3) is 2.04. The fraction of sp³-hybridized carbons (Fsp3) is 0.111. The summed E-state index contributed by atoms with van der Waals surface area (Å²) in [5.74, 6) is 0. The van der Waals surface area contributed by atoms with E-state index in [1.54, 1.807) is 18.2 Å². The lowest BCUT2D eigenvalue weighted by Gasteiger charge is -2.11. The summed E-state index contributed by atoms with van der Waals surface area (Å²) in [7, 11) is -3.10. The average molecular weight is 180 g/mol. The van der Waals surface area contributed by atoms with Crippen molar-refractivity contribution in [2.45, 2.75) is 6.55 Å². The second-order valence-corrected chi connectivity index (χ2v) is 5.47. The van der Waals surface area contributed by atoms with Crippen LogP contribution in [0.15, 0.2) is 30.8 Å². The molecule has 0 fully saturated rings. The zero-order chi connectivity index (χ0) is 9.19. The highest BCUT2D eigenvalue weighted by molar-refractivity contribution is 6.77. The van der Waals surface area contributed by atoms with Crippen molar-refractivity contribution in [3.8, 4) is 0 Å². The smallest absolute Gasteiger partial charge is 0.363 e. The average Bonchev–Trinajstić information content (AvgIpc) is 2.03. The fourth-order valence-corrected chi connectivity index (χ4v) is 1.73. The molecule has 12 heavy (non-hydrogen) atoms. The lowest BCUT2D eigenvalue weighted by molar-refractivity contribution is 0.392. The molecule has 0 spiro atoms. The molecule has 0 heterocycles. The summed E-state index contributed by atoms with van der Waals surface area (Å²) in [5, 5.41) is 0.619. The van der Waals surface area contributed by atoms with Gasteiger partial charge in [-0.3, -0.25) is 0 Å². The van der Waals surface area contributed by atoms with Gasteiger partial charge in [-0.25, -0.2) is 0 Å². The van der Waals surface area contributed by atoms with Crippen molar-refractivity contribution in [3.05, 3.63) is 36.4 Å². The van der Waals surface area contributed by atoms with Crippen molar-refractivity contribution < 1.29 is 9.59 Å². The van der Waals surface area contributed by atoms with Crippen molar-refractivity contribution in [2.24, 2.45) is 0 Å². The standard InChI is InChI=1S/C9H12O2Si/c1-3-8-4-6-9(7-5-8)12(2,10)11/h3-7,10-11H,1H2,2H3. The molecule has 0 aliphatic carbocycles. The first-order chi connectivity index (χ1) is 5.54. The van der Waals surface area contributed by atoms with E-state index in [-0.39, 0.29) is 0 Å². The van der Waals surface area contributed by atoms with E-state index >= 15 is 0 Å². The van der Waals surface area contributed by atoms with E-state index in [1.165, 1.54) is 6.55 Å². The first-order valence-electron chi connectivity index (χ1n) is 3.72. The molecule has 0 atom stereocenters. The van der Waals surface area contributed by atoms with E-state index in [2.05, 4.69) is 6.58 Å². The minimum absolute atomic E-state index is 0.619. The molecule has 3 heteroatoms. The maximum atomic E-state index is 9.32. The summed E-state index contributed by atoms with van der Waals surface area (Å²) in [4.78, 5) is 18.6. The summed E-state index contributed by atoms with van der Waals surface area (Å²) in [5.41, 5.74) is 0.983. The van der Waals surface area contributed by atoms with Gasteiger partial charge >= 0.3 is 8.56 Å². The molecule has 1 rings (SSSR count). The maximum Gasteiger partial charge on any atom is 0.363 e. The minimum atomic E-state index is -3.10. The van der Waals surface area contributed by atoms with Gasteiger partial charge in [-0.15, -0.1) is 0 Å². The summed E-state index contributed by atoms with van der Waals surface area (Å²) in [6.45, 7) is 5.08. The molecular formula is C9H12O2Si. The van der Waals surface area contributed by atoms with E-state index in [4.69, 9.17) is 0 Å². The molecule has 1 aromatic rings. The Hall–Kier alpha value is -0.903. The Morgan fingerprint density at radius 3 is 2.08 bits per heavy atom. The van der Waals surface area contributed by atoms with E-state index in [1.807, 2.05) is 12.1 Å². The lowest BCUT2D eigenvalue weighted by atomic mass is 10.2. The van der Waals surface area contributed by atoms with Gasteiger partial charge < -0.3 is 9.59 Å². The molecule has 0 amide bonds. The Bertz CT molecular complexity index is 272. The molecule has 0 aliphatic heterocycles. The van der Waals surface area contributed by atoms with Crippen LogP contribution in [0, 0.1) is 0 Å². The maximum absolute atomic E-state index is 9.32. The second-order valence-electron chi connectivity index (χ2n) is 2.85. The number of hydrogen-bond donors (Lipinski definition) is 2. The van der Waals surface area contributed by atoms with Crippen LogP contribution >= 0.6 is 0 Å². The van der Waals surface area contributed by atoms with Crippen molar-refractivity contribution in [1.82, 2.24) is 0 Å². The summed E-state index contributed by atoms with van der Waals surface area (Å²) >= 11 is 0. The predicted molar refractivity (Wildman–Crippen MR) is 52.2 cm³/mol. The highest BCUT2D eigenvalue weighted by Gasteiger charge is 2.23. The van der Waals surface area contributed by atoms with E-state index in [9.17, 15) is 9.59 Å². The van der Waals surface area contributed by atoms with Crippen LogP contribution in [-0.2, 0) is 0 Å². The van der Waals surface area contributed by atoms with Crippen molar-refractivity contribution in [1.29, 1.82) is 0 Å². The van der Waals surface area contributed by atoms with Crippen molar-refractivity contribution in [2.75, 3.05) is 0 Å². The van der Waals surface area contributed by atoms with Crippen LogP contribution in [0.5, 0.6) is 0 Å². The highest BCUT2D eigenvalue weighted by Crippen LogP contribution is 2.01. The SMILES string of the molecule is C=Cc1ccc([Si](C)(O)O)cc1. The van der Waals surface area contributed by atoms with Crippen LogP contribution in [-0.4, -0.2) is 18.2 Å². The van der Waals surface area contributed by atoms with Crippen LogP contribution in [0.3, 0.4) is 0 Å². The predicted octanol–water partition coefficient (Wildman–Crippen LogP) is 0.593. The van der Waals surface area contributed by atoms with Gasteiger partial charge in [-0.1, -0.05) is 36.9 Å². The van der Waals surface area contributed by atoms with Gasteiger partial charge in [0.1, 0.15) is 0 Å². The monoisotopic (exact) mass is 180 g/mol. The van der Waals surface area contributed by atoms with Crippen LogP contribution in [0.1, 0.15) is 5.56 Å². The first-order valence-corrected chi connectivity index (χ1v) is 6.11. The van der Waals surface area contributed by atoms with Crippen LogP contribution in [0.2, 0.25) is 6.55 Å². The largest absolute Gasteiger partial charge is 0.408 e. The first kappa shape index (κ1) is 9.19. The third-order valence-corrected chi connectivity index (χ3v) is 3.12. The number of rotatable bonds is 2. The van der Waals surface area contributed by atoms with Gasteiger partial charge in [0, 0.05) is 0 Å². The zero-order valence-corrected chi connectivity index (χ0v) is 7.99. The Kier molecular flexibility index (Phi) is 2.47. The molecule has 0 bridgehead atoms. The molecule has 0 saturated carbocycles. The molecule has 0 aliphatic rings. The minimum Gasteiger partial charge on any atom is -0.408 e. The van der Waals surface area contributed by atoms with Crippen molar-refractivity contribution >= 4 is 19.8 Å². The van der Waals surface area contributed by atoms with Gasteiger partial charge in [-0.05, 0) is 17.3 Å². The van der Waals surface area contributed by atoms with Gasteiger partial charge in [0.25, 0.3) is 0 Å². The zero-order valence-electron chi connectivity index (χ0n) is 6.99. The number of hydrogen-bond acceptors (Lipinski definition) is 2. The van der Waals surface area contributed by atoms with E-state index in [0.29, 0.717) is 5.19 Å². The van der Waals surface area contributed by atoms with Crippen molar-refractivity contribution in [3.63, 3.8) is 0 Å². The van der Waals surface area contributed by atoms with Crippen LogP contribution < -0.4 is 5.19 Å². The molecule has 1 aromatic carbocycles. The van der Waals surface area contributed by atoms with Gasteiger partial charge in [0.05, 0.1) is 0 Å². The molecule has 0 saturated heterocycles. The Morgan fingerprint density at radius 2 is 1.75 bits per heavy atom. The molecule has 0 unspecified atom stereocenters. The summed E-state index contributed by atoms with van der Waals surface area (Å²) < 4.78 is 0. The molecular weight excluding hydrogens is 168 g/mol. The number of benzene rings is 1.